The Kier molecular flexibility index (Phi) is 4.93. The van der Waals surface area contributed by atoms with Crippen molar-refractivity contribution in [2.24, 2.45) is 5.92 Å². The minimum Gasteiger partial charge on any atom is -0.349 e. The molecule has 3 nitrogen and oxygen atoms in total. The fourth-order valence-electron chi connectivity index (χ4n) is 4.01. The Morgan fingerprint density at radius 3 is 2.56 bits per heavy atom. The molecule has 0 bridgehead atoms. The highest BCUT2D eigenvalue weighted by atomic mass is 16.1. The van der Waals surface area contributed by atoms with Crippen molar-refractivity contribution < 1.29 is 4.79 Å². The van der Waals surface area contributed by atoms with E-state index in [1.54, 1.807) is 0 Å². The molecule has 1 aliphatic carbocycles. The number of pyridine rings is 1. The third-order valence-electron chi connectivity index (χ3n) is 5.74. The molecule has 0 unspecified atom stereocenters. The molecule has 0 spiro atoms. The molecule has 1 N–H and O–H groups in total. The molecule has 1 amide bonds. The van der Waals surface area contributed by atoms with Crippen LogP contribution in [0, 0.1) is 12.8 Å². The van der Waals surface area contributed by atoms with Crippen LogP contribution in [0.3, 0.4) is 0 Å². The third-order valence-corrected chi connectivity index (χ3v) is 5.74. The van der Waals surface area contributed by atoms with E-state index in [4.69, 9.17) is 4.98 Å². The molecule has 1 fully saturated rings. The number of aryl methyl sites for hydroxylation is 1. The van der Waals surface area contributed by atoms with Gasteiger partial charge in [-0.25, -0.2) is 4.98 Å². The molecule has 138 valence electrons. The fraction of sp³-hybridized carbons (Fsp3) is 0.333. The van der Waals surface area contributed by atoms with Crippen LogP contribution in [0.15, 0.2) is 54.6 Å². The Bertz CT molecular complexity index is 962. The van der Waals surface area contributed by atoms with E-state index < -0.39 is 0 Å². The number of rotatable bonds is 3. The number of para-hydroxylation sites is 1. The van der Waals surface area contributed by atoms with Gasteiger partial charge < -0.3 is 5.32 Å². The second kappa shape index (κ2) is 7.51. The zero-order valence-electron chi connectivity index (χ0n) is 16.0. The molecule has 1 saturated carbocycles. The van der Waals surface area contributed by atoms with Crippen molar-refractivity contribution in [3.05, 3.63) is 65.7 Å². The van der Waals surface area contributed by atoms with Crippen molar-refractivity contribution in [2.75, 3.05) is 0 Å². The number of benzene rings is 2. The van der Waals surface area contributed by atoms with Gasteiger partial charge in [0.1, 0.15) is 0 Å². The number of hydrogen-bond acceptors (Lipinski definition) is 2. The quantitative estimate of drug-likeness (QED) is 0.670. The summed E-state index contributed by atoms with van der Waals surface area (Å²) in [5.74, 6) is 0.549. The molecule has 3 heteroatoms. The van der Waals surface area contributed by atoms with Gasteiger partial charge in [-0.3, -0.25) is 4.79 Å². The fourth-order valence-corrected chi connectivity index (χ4v) is 4.01. The van der Waals surface area contributed by atoms with E-state index in [1.165, 1.54) is 24.8 Å². The minimum atomic E-state index is 0.0145. The van der Waals surface area contributed by atoms with E-state index in [0.29, 0.717) is 11.5 Å². The number of hydrogen-bond donors (Lipinski definition) is 1. The highest BCUT2D eigenvalue weighted by molar-refractivity contribution is 6.07. The molecule has 0 saturated heterocycles. The largest absolute Gasteiger partial charge is 0.349 e. The number of fused-ring (bicyclic) bond motifs is 1. The zero-order valence-corrected chi connectivity index (χ0v) is 16.0. The Balaban J connectivity index is 1.74. The summed E-state index contributed by atoms with van der Waals surface area (Å²) in [5.41, 5.74) is 4.66. The van der Waals surface area contributed by atoms with E-state index in [-0.39, 0.29) is 11.9 Å². The highest BCUT2D eigenvalue weighted by Gasteiger charge is 2.24. The molecule has 1 aliphatic rings. The third kappa shape index (κ3) is 3.73. The lowest BCUT2D eigenvalue weighted by atomic mass is 9.85. The summed E-state index contributed by atoms with van der Waals surface area (Å²) in [6.07, 6.45) is 4.72. The maximum absolute atomic E-state index is 13.2. The summed E-state index contributed by atoms with van der Waals surface area (Å²) in [5, 5.41) is 4.21. The molecular weight excluding hydrogens is 332 g/mol. The average Bonchev–Trinajstić information content (AvgIpc) is 2.69. The smallest absolute Gasteiger partial charge is 0.252 e. The van der Waals surface area contributed by atoms with E-state index in [2.05, 4.69) is 43.4 Å². The van der Waals surface area contributed by atoms with Crippen LogP contribution in [0.4, 0.5) is 0 Å². The second-order valence-electron chi connectivity index (χ2n) is 7.78. The minimum absolute atomic E-state index is 0.0145. The van der Waals surface area contributed by atoms with Crippen LogP contribution in [0.25, 0.3) is 22.2 Å². The van der Waals surface area contributed by atoms with E-state index in [0.717, 1.165) is 28.6 Å². The van der Waals surface area contributed by atoms with Crippen molar-refractivity contribution >= 4 is 16.8 Å². The first-order chi connectivity index (χ1) is 13.1. The number of carbonyl (C=O) groups excluding carboxylic acids is 1. The van der Waals surface area contributed by atoms with Gasteiger partial charge in [0, 0.05) is 17.0 Å². The Hall–Kier alpha value is -2.68. The number of carbonyl (C=O) groups is 1. The van der Waals surface area contributed by atoms with Gasteiger partial charge in [0.15, 0.2) is 0 Å². The molecular formula is C24H26N2O. The van der Waals surface area contributed by atoms with Crippen molar-refractivity contribution in [1.29, 1.82) is 0 Å². The molecule has 0 aliphatic heterocycles. The van der Waals surface area contributed by atoms with Gasteiger partial charge >= 0.3 is 0 Å². The number of amides is 1. The Morgan fingerprint density at radius 2 is 1.78 bits per heavy atom. The Labute approximate surface area is 160 Å². The van der Waals surface area contributed by atoms with Gasteiger partial charge in [-0.2, -0.15) is 0 Å². The van der Waals surface area contributed by atoms with Gasteiger partial charge in [-0.05, 0) is 37.8 Å². The lowest BCUT2D eigenvalue weighted by molar-refractivity contribution is 0.0912. The average molecular weight is 358 g/mol. The first kappa shape index (κ1) is 17.7. The van der Waals surface area contributed by atoms with Gasteiger partial charge in [-0.15, -0.1) is 0 Å². The van der Waals surface area contributed by atoms with Crippen molar-refractivity contribution in [3.63, 3.8) is 0 Å². The molecule has 27 heavy (non-hydrogen) atoms. The van der Waals surface area contributed by atoms with Crippen LogP contribution in [0.2, 0.25) is 0 Å². The number of aromatic nitrogens is 1. The molecule has 2 atom stereocenters. The summed E-state index contributed by atoms with van der Waals surface area (Å²) in [6, 6.07) is 18.4. The first-order valence-corrected chi connectivity index (χ1v) is 9.89. The molecule has 3 aromatic rings. The van der Waals surface area contributed by atoms with Gasteiger partial charge in [0.05, 0.1) is 16.8 Å². The lowest BCUT2D eigenvalue weighted by Crippen LogP contribution is -2.41. The maximum Gasteiger partial charge on any atom is 0.252 e. The molecule has 2 aromatic carbocycles. The molecule has 1 heterocycles. The maximum atomic E-state index is 13.2. The number of nitrogens with zero attached hydrogens (tertiary/aromatic N) is 1. The van der Waals surface area contributed by atoms with Gasteiger partial charge in [0.25, 0.3) is 5.91 Å². The van der Waals surface area contributed by atoms with Crippen molar-refractivity contribution in [2.45, 2.75) is 45.6 Å². The van der Waals surface area contributed by atoms with Crippen LogP contribution in [0.5, 0.6) is 0 Å². The van der Waals surface area contributed by atoms with Crippen LogP contribution in [0.1, 0.15) is 48.5 Å². The number of nitrogens with one attached hydrogen (secondary N) is 1. The molecule has 4 rings (SSSR count). The summed E-state index contributed by atoms with van der Waals surface area (Å²) in [4.78, 5) is 18.0. The summed E-state index contributed by atoms with van der Waals surface area (Å²) in [6.45, 7) is 4.31. The summed E-state index contributed by atoms with van der Waals surface area (Å²) in [7, 11) is 0. The lowest BCUT2D eigenvalue weighted by Gasteiger charge is -2.29. The van der Waals surface area contributed by atoms with Crippen molar-refractivity contribution in [1.82, 2.24) is 10.3 Å². The monoisotopic (exact) mass is 358 g/mol. The van der Waals surface area contributed by atoms with Crippen molar-refractivity contribution in [3.8, 4) is 11.3 Å². The SMILES string of the molecule is Cc1ccc(-c2cc(C(=O)N[C@@H]3CCCC[C@H]3C)c3ccccc3n2)cc1. The van der Waals surface area contributed by atoms with Crippen LogP contribution < -0.4 is 5.32 Å². The summed E-state index contributed by atoms with van der Waals surface area (Å²) >= 11 is 0. The second-order valence-corrected chi connectivity index (χ2v) is 7.78. The zero-order chi connectivity index (χ0) is 18.8. The predicted molar refractivity (Wildman–Crippen MR) is 111 cm³/mol. The summed E-state index contributed by atoms with van der Waals surface area (Å²) < 4.78 is 0. The molecule has 1 aromatic heterocycles. The van der Waals surface area contributed by atoms with E-state index in [9.17, 15) is 4.79 Å². The van der Waals surface area contributed by atoms with Crippen LogP contribution in [-0.4, -0.2) is 16.9 Å². The van der Waals surface area contributed by atoms with Gasteiger partial charge in [-0.1, -0.05) is 67.8 Å². The van der Waals surface area contributed by atoms with E-state index >= 15 is 0 Å². The first-order valence-electron chi connectivity index (χ1n) is 9.89. The predicted octanol–water partition coefficient (Wildman–Crippen LogP) is 5.52. The topological polar surface area (TPSA) is 42.0 Å². The molecule has 0 radical (unpaired) electrons. The van der Waals surface area contributed by atoms with Crippen LogP contribution in [-0.2, 0) is 0 Å². The van der Waals surface area contributed by atoms with Crippen LogP contribution >= 0.6 is 0 Å². The standard InChI is InChI=1S/C24H26N2O/c1-16-11-13-18(14-12-16)23-15-20(19-8-4-6-10-22(19)25-23)24(27)26-21-9-5-3-7-17(21)2/h4,6,8,10-15,17,21H,3,5,7,9H2,1-2H3,(H,26,27)/t17-,21-/m1/s1. The normalized spacial score (nSPS) is 19.8. The Morgan fingerprint density at radius 1 is 1.04 bits per heavy atom. The van der Waals surface area contributed by atoms with Gasteiger partial charge in [0.2, 0.25) is 0 Å². The highest BCUT2D eigenvalue weighted by Crippen LogP contribution is 2.27. The van der Waals surface area contributed by atoms with E-state index in [1.807, 2.05) is 30.3 Å².